The van der Waals surface area contributed by atoms with E-state index in [1.165, 1.54) is 12.4 Å². The van der Waals surface area contributed by atoms with Crippen LogP contribution in [-0.4, -0.2) is 27.8 Å². The molecule has 1 atom stereocenters. The van der Waals surface area contributed by atoms with Gasteiger partial charge in [-0.1, -0.05) is 18.2 Å². The normalized spacial score (nSPS) is 12.0. The van der Waals surface area contributed by atoms with E-state index in [-0.39, 0.29) is 5.78 Å². The van der Waals surface area contributed by atoms with Gasteiger partial charge in [0.05, 0.1) is 5.56 Å². The molecular formula is C17H14N2O3. The van der Waals surface area contributed by atoms with Crippen LogP contribution >= 0.6 is 0 Å². The lowest BCUT2D eigenvalue weighted by molar-refractivity contribution is 0.0319. The minimum atomic E-state index is -0.861. The molecule has 0 radical (unpaired) electrons. The number of Topliss-reactive ketones (excluding diaryl/α,β-unsaturated/α-hetero) is 1. The number of ketones is 1. The summed E-state index contributed by atoms with van der Waals surface area (Å²) in [5.41, 5.74) is 1.76. The zero-order valence-corrected chi connectivity index (χ0v) is 11.9. The molecule has 0 aliphatic carbocycles. The van der Waals surface area contributed by atoms with Gasteiger partial charge < -0.3 is 9.72 Å². The number of esters is 1. The number of rotatable bonds is 4. The highest BCUT2D eigenvalue weighted by atomic mass is 16.5. The van der Waals surface area contributed by atoms with Crippen LogP contribution in [0.5, 0.6) is 0 Å². The second kappa shape index (κ2) is 5.81. The van der Waals surface area contributed by atoms with Crippen LogP contribution in [0, 0.1) is 0 Å². The molecular weight excluding hydrogens is 280 g/mol. The summed E-state index contributed by atoms with van der Waals surface area (Å²) in [7, 11) is 0. The van der Waals surface area contributed by atoms with Crippen LogP contribution in [0.1, 0.15) is 27.6 Å². The van der Waals surface area contributed by atoms with E-state index in [2.05, 4.69) is 9.97 Å². The van der Waals surface area contributed by atoms with Crippen molar-refractivity contribution in [1.82, 2.24) is 9.97 Å². The lowest BCUT2D eigenvalue weighted by Gasteiger charge is -2.11. The molecule has 0 amide bonds. The van der Waals surface area contributed by atoms with E-state index in [1.807, 2.05) is 24.3 Å². The van der Waals surface area contributed by atoms with Gasteiger partial charge in [-0.3, -0.25) is 9.78 Å². The molecule has 5 nitrogen and oxygen atoms in total. The summed E-state index contributed by atoms with van der Waals surface area (Å²) in [5.74, 6) is -0.775. The third-order valence-electron chi connectivity index (χ3n) is 3.42. The Balaban J connectivity index is 1.79. The molecule has 1 N–H and O–H groups in total. The van der Waals surface area contributed by atoms with Gasteiger partial charge in [-0.05, 0) is 25.1 Å². The van der Waals surface area contributed by atoms with Gasteiger partial charge in [0.25, 0.3) is 0 Å². The maximum atomic E-state index is 12.5. The lowest BCUT2D eigenvalue weighted by Crippen LogP contribution is -2.24. The van der Waals surface area contributed by atoms with Crippen molar-refractivity contribution >= 4 is 22.7 Å². The average molecular weight is 294 g/mol. The highest BCUT2D eigenvalue weighted by Crippen LogP contribution is 2.20. The quantitative estimate of drug-likeness (QED) is 0.593. The van der Waals surface area contributed by atoms with Gasteiger partial charge in [0, 0.05) is 35.1 Å². The molecule has 0 bridgehead atoms. The Labute approximate surface area is 126 Å². The zero-order valence-electron chi connectivity index (χ0n) is 11.9. The van der Waals surface area contributed by atoms with E-state index < -0.39 is 12.1 Å². The molecule has 0 saturated carbocycles. The smallest absolute Gasteiger partial charge is 0.338 e. The monoisotopic (exact) mass is 294 g/mol. The Hall–Kier alpha value is -2.95. The van der Waals surface area contributed by atoms with Crippen LogP contribution in [0.25, 0.3) is 10.9 Å². The molecule has 0 saturated heterocycles. The first-order valence-electron chi connectivity index (χ1n) is 6.88. The fraction of sp³-hybridized carbons (Fsp3) is 0.118. The molecule has 3 rings (SSSR count). The minimum absolute atomic E-state index is 0.236. The Morgan fingerprint density at radius 2 is 1.86 bits per heavy atom. The van der Waals surface area contributed by atoms with Gasteiger partial charge in [0.15, 0.2) is 6.10 Å². The number of nitrogens with one attached hydrogen (secondary N) is 1. The Kier molecular flexibility index (Phi) is 3.70. The van der Waals surface area contributed by atoms with Crippen LogP contribution in [0.2, 0.25) is 0 Å². The molecule has 3 aromatic rings. The number of nitrogens with zero attached hydrogens (tertiary/aromatic N) is 1. The largest absolute Gasteiger partial charge is 0.451 e. The van der Waals surface area contributed by atoms with Crippen molar-refractivity contribution < 1.29 is 14.3 Å². The number of hydrogen-bond acceptors (Lipinski definition) is 4. The van der Waals surface area contributed by atoms with Crippen LogP contribution in [0.3, 0.4) is 0 Å². The number of pyridine rings is 1. The number of hydrogen-bond donors (Lipinski definition) is 1. The standard InChI is InChI=1S/C17H14N2O3/c1-11(22-17(21)12-6-8-18-9-7-12)16(20)14-10-19-15-5-3-2-4-13(14)15/h2-11,19H,1H3. The van der Waals surface area contributed by atoms with Crippen molar-refractivity contribution in [1.29, 1.82) is 0 Å². The van der Waals surface area contributed by atoms with Crippen molar-refractivity contribution in [2.24, 2.45) is 0 Å². The Morgan fingerprint density at radius 3 is 2.64 bits per heavy atom. The van der Waals surface area contributed by atoms with Gasteiger partial charge in [0.2, 0.25) is 5.78 Å². The number of carbonyl (C=O) groups is 2. The maximum Gasteiger partial charge on any atom is 0.338 e. The van der Waals surface area contributed by atoms with Crippen LogP contribution in [-0.2, 0) is 4.74 Å². The third-order valence-corrected chi connectivity index (χ3v) is 3.42. The summed E-state index contributed by atoms with van der Waals surface area (Å²) < 4.78 is 5.24. The van der Waals surface area contributed by atoms with E-state index >= 15 is 0 Å². The maximum absolute atomic E-state index is 12.5. The average Bonchev–Trinajstić information content (AvgIpc) is 2.99. The van der Waals surface area contributed by atoms with Gasteiger partial charge >= 0.3 is 5.97 Å². The molecule has 22 heavy (non-hydrogen) atoms. The summed E-state index contributed by atoms with van der Waals surface area (Å²) in [4.78, 5) is 31.3. The van der Waals surface area contributed by atoms with Gasteiger partial charge in [-0.25, -0.2) is 4.79 Å². The first-order chi connectivity index (χ1) is 10.7. The highest BCUT2D eigenvalue weighted by Gasteiger charge is 2.22. The molecule has 1 unspecified atom stereocenters. The number of para-hydroxylation sites is 1. The van der Waals surface area contributed by atoms with Crippen LogP contribution in [0.4, 0.5) is 0 Å². The van der Waals surface area contributed by atoms with Gasteiger partial charge in [-0.2, -0.15) is 0 Å². The second-order valence-corrected chi connectivity index (χ2v) is 4.90. The van der Waals surface area contributed by atoms with Crippen molar-refractivity contribution in [3.05, 3.63) is 66.1 Å². The molecule has 2 aromatic heterocycles. The fourth-order valence-electron chi connectivity index (χ4n) is 2.26. The molecule has 110 valence electrons. The SMILES string of the molecule is CC(OC(=O)c1ccncc1)C(=O)c1c[nH]c2ccccc12. The summed E-state index contributed by atoms with van der Waals surface area (Å²) in [6.07, 6.45) is 3.79. The predicted molar refractivity (Wildman–Crippen MR) is 81.7 cm³/mol. The molecule has 0 spiro atoms. The fourth-order valence-corrected chi connectivity index (χ4v) is 2.26. The number of H-pyrrole nitrogens is 1. The van der Waals surface area contributed by atoms with E-state index in [1.54, 1.807) is 25.3 Å². The lowest BCUT2D eigenvalue weighted by atomic mass is 10.1. The number of aromatic nitrogens is 2. The number of benzene rings is 1. The van der Waals surface area contributed by atoms with E-state index in [9.17, 15) is 9.59 Å². The summed E-state index contributed by atoms with van der Waals surface area (Å²) in [6.45, 7) is 1.57. The Bertz CT molecular complexity index is 824. The molecule has 0 fully saturated rings. The number of carbonyl (C=O) groups excluding carboxylic acids is 2. The topological polar surface area (TPSA) is 72.0 Å². The first kappa shape index (κ1) is 14.0. The van der Waals surface area contributed by atoms with Crippen LogP contribution < -0.4 is 0 Å². The number of ether oxygens (including phenoxy) is 1. The summed E-state index contributed by atoms with van der Waals surface area (Å²) in [5, 5.41) is 0.819. The predicted octanol–water partition coefficient (Wildman–Crippen LogP) is 2.99. The molecule has 1 aromatic carbocycles. The van der Waals surface area contributed by atoms with Crippen LogP contribution in [0.15, 0.2) is 55.0 Å². The molecule has 2 heterocycles. The minimum Gasteiger partial charge on any atom is -0.451 e. The second-order valence-electron chi connectivity index (χ2n) is 4.90. The van der Waals surface area contributed by atoms with E-state index in [4.69, 9.17) is 4.74 Å². The third kappa shape index (κ3) is 2.61. The zero-order chi connectivity index (χ0) is 15.5. The van der Waals surface area contributed by atoms with Crippen molar-refractivity contribution in [2.75, 3.05) is 0 Å². The van der Waals surface area contributed by atoms with E-state index in [0.29, 0.717) is 11.1 Å². The summed E-state index contributed by atoms with van der Waals surface area (Å²) in [6, 6.07) is 10.6. The van der Waals surface area contributed by atoms with Crippen molar-refractivity contribution in [3.63, 3.8) is 0 Å². The molecule has 0 aliphatic heterocycles. The van der Waals surface area contributed by atoms with Crippen molar-refractivity contribution in [3.8, 4) is 0 Å². The van der Waals surface area contributed by atoms with Crippen molar-refractivity contribution in [2.45, 2.75) is 13.0 Å². The first-order valence-corrected chi connectivity index (χ1v) is 6.88. The summed E-state index contributed by atoms with van der Waals surface area (Å²) >= 11 is 0. The number of aromatic amines is 1. The Morgan fingerprint density at radius 1 is 1.14 bits per heavy atom. The van der Waals surface area contributed by atoms with E-state index in [0.717, 1.165) is 10.9 Å². The molecule has 5 heteroatoms. The number of fused-ring (bicyclic) bond motifs is 1. The molecule has 0 aliphatic rings. The van der Waals surface area contributed by atoms with Gasteiger partial charge in [-0.15, -0.1) is 0 Å². The van der Waals surface area contributed by atoms with Gasteiger partial charge in [0.1, 0.15) is 0 Å². The highest BCUT2D eigenvalue weighted by molar-refractivity contribution is 6.10.